The number of hydrogen-bond donors (Lipinski definition) is 1. The lowest BCUT2D eigenvalue weighted by molar-refractivity contribution is 0.873. The van der Waals surface area contributed by atoms with E-state index in [1.54, 1.807) is 23.8 Å². The Bertz CT molecular complexity index is 411. The van der Waals surface area contributed by atoms with E-state index in [0.29, 0.717) is 11.1 Å². The van der Waals surface area contributed by atoms with E-state index >= 15 is 0 Å². The van der Waals surface area contributed by atoms with Crippen molar-refractivity contribution in [3.8, 4) is 0 Å². The standard InChI is InChI=1S/C6H6ClN5.C2H6/c1-8-6-11-10-5(7)4-2-3-9-12(4)6;1-2/h2-3H,1H3,(H,8,11);1-2H3. The van der Waals surface area contributed by atoms with Gasteiger partial charge in [-0.3, -0.25) is 0 Å². The molecule has 0 unspecified atom stereocenters. The molecule has 0 aliphatic heterocycles. The second-order valence-corrected chi connectivity index (χ2v) is 2.55. The Morgan fingerprint density at radius 2 is 2.07 bits per heavy atom. The van der Waals surface area contributed by atoms with Gasteiger partial charge in [0.25, 0.3) is 0 Å². The van der Waals surface area contributed by atoms with Gasteiger partial charge in [0.05, 0.1) is 6.20 Å². The first kappa shape index (κ1) is 10.7. The van der Waals surface area contributed by atoms with Gasteiger partial charge in [0.1, 0.15) is 5.52 Å². The minimum absolute atomic E-state index is 0.353. The molecule has 6 heteroatoms. The summed E-state index contributed by atoms with van der Waals surface area (Å²) < 4.78 is 1.59. The maximum atomic E-state index is 5.77. The highest BCUT2D eigenvalue weighted by atomic mass is 35.5. The van der Waals surface area contributed by atoms with Gasteiger partial charge < -0.3 is 5.32 Å². The first-order valence-corrected chi connectivity index (χ1v) is 4.74. The number of nitrogens with zero attached hydrogens (tertiary/aromatic N) is 4. The minimum atomic E-state index is 0.353. The fourth-order valence-corrected chi connectivity index (χ4v) is 1.15. The topological polar surface area (TPSA) is 55.1 Å². The molecule has 76 valence electrons. The molecular formula is C8H12ClN5. The van der Waals surface area contributed by atoms with Crippen molar-refractivity contribution in [3.05, 3.63) is 17.4 Å². The summed E-state index contributed by atoms with van der Waals surface area (Å²) >= 11 is 5.77. The van der Waals surface area contributed by atoms with Crippen LogP contribution in [0.25, 0.3) is 5.52 Å². The van der Waals surface area contributed by atoms with Gasteiger partial charge in [0.15, 0.2) is 5.15 Å². The molecule has 0 amide bonds. The maximum absolute atomic E-state index is 5.77. The molecule has 2 rings (SSSR count). The molecule has 0 saturated carbocycles. The van der Waals surface area contributed by atoms with Crippen molar-refractivity contribution >= 4 is 23.1 Å². The number of halogens is 1. The SMILES string of the molecule is CC.CNc1nnc(Cl)c2ccnn12. The molecule has 0 saturated heterocycles. The van der Waals surface area contributed by atoms with Crippen LogP contribution >= 0.6 is 11.6 Å². The van der Waals surface area contributed by atoms with Crippen molar-refractivity contribution in [1.82, 2.24) is 19.8 Å². The van der Waals surface area contributed by atoms with Crippen LogP contribution in [-0.2, 0) is 0 Å². The van der Waals surface area contributed by atoms with Gasteiger partial charge in [-0.1, -0.05) is 25.4 Å². The zero-order valence-electron chi connectivity index (χ0n) is 8.32. The Morgan fingerprint density at radius 3 is 2.71 bits per heavy atom. The van der Waals surface area contributed by atoms with E-state index in [-0.39, 0.29) is 0 Å². The Morgan fingerprint density at radius 1 is 1.36 bits per heavy atom. The smallest absolute Gasteiger partial charge is 0.244 e. The van der Waals surface area contributed by atoms with Crippen LogP contribution in [0, 0.1) is 0 Å². The van der Waals surface area contributed by atoms with Gasteiger partial charge in [0.2, 0.25) is 5.95 Å². The van der Waals surface area contributed by atoms with Crippen LogP contribution in [0.3, 0.4) is 0 Å². The Kier molecular flexibility index (Phi) is 3.64. The van der Waals surface area contributed by atoms with Crippen LogP contribution in [0.15, 0.2) is 12.3 Å². The summed E-state index contributed by atoms with van der Waals surface area (Å²) in [6, 6.07) is 1.78. The van der Waals surface area contributed by atoms with E-state index in [9.17, 15) is 0 Å². The van der Waals surface area contributed by atoms with Gasteiger partial charge in [-0.2, -0.15) is 9.61 Å². The lowest BCUT2D eigenvalue weighted by Crippen LogP contribution is -2.04. The first-order valence-electron chi connectivity index (χ1n) is 4.36. The van der Waals surface area contributed by atoms with Gasteiger partial charge in [0, 0.05) is 7.05 Å². The predicted octanol–water partition coefficient (Wildman–Crippen LogP) is 1.85. The van der Waals surface area contributed by atoms with Crippen LogP contribution in [0.4, 0.5) is 5.95 Å². The maximum Gasteiger partial charge on any atom is 0.244 e. The Hall–Kier alpha value is -1.36. The summed E-state index contributed by atoms with van der Waals surface area (Å²) in [4.78, 5) is 0. The summed E-state index contributed by atoms with van der Waals surface area (Å²) in [6.45, 7) is 4.00. The van der Waals surface area contributed by atoms with E-state index < -0.39 is 0 Å². The molecule has 14 heavy (non-hydrogen) atoms. The van der Waals surface area contributed by atoms with E-state index in [0.717, 1.165) is 5.52 Å². The van der Waals surface area contributed by atoms with Crippen molar-refractivity contribution < 1.29 is 0 Å². The quantitative estimate of drug-likeness (QED) is 0.786. The molecule has 5 nitrogen and oxygen atoms in total. The third-order valence-electron chi connectivity index (χ3n) is 1.51. The normalized spacial score (nSPS) is 9.43. The predicted molar refractivity (Wildman–Crippen MR) is 56.7 cm³/mol. The summed E-state index contributed by atoms with van der Waals surface area (Å²) in [5, 5.41) is 14.8. The third-order valence-corrected chi connectivity index (χ3v) is 1.78. The van der Waals surface area contributed by atoms with Crippen molar-refractivity contribution in [1.29, 1.82) is 0 Å². The van der Waals surface area contributed by atoms with Gasteiger partial charge in [-0.05, 0) is 6.07 Å². The molecule has 0 spiro atoms. The fraction of sp³-hybridized carbons (Fsp3) is 0.375. The van der Waals surface area contributed by atoms with E-state index in [1.807, 2.05) is 13.8 Å². The van der Waals surface area contributed by atoms with Gasteiger partial charge >= 0.3 is 0 Å². The molecular weight excluding hydrogens is 202 g/mol. The summed E-state index contributed by atoms with van der Waals surface area (Å²) in [5.41, 5.74) is 0.746. The number of aromatic nitrogens is 4. The van der Waals surface area contributed by atoms with Crippen LogP contribution in [-0.4, -0.2) is 26.9 Å². The summed E-state index contributed by atoms with van der Waals surface area (Å²) in [5.74, 6) is 0.569. The summed E-state index contributed by atoms with van der Waals surface area (Å²) in [7, 11) is 1.75. The average molecular weight is 214 g/mol. The highest BCUT2D eigenvalue weighted by Crippen LogP contribution is 2.14. The van der Waals surface area contributed by atoms with Crippen molar-refractivity contribution in [2.45, 2.75) is 13.8 Å². The monoisotopic (exact) mass is 213 g/mol. The number of hydrogen-bond acceptors (Lipinski definition) is 4. The van der Waals surface area contributed by atoms with Crippen LogP contribution < -0.4 is 5.32 Å². The summed E-state index contributed by atoms with van der Waals surface area (Å²) in [6.07, 6.45) is 1.64. The van der Waals surface area contributed by atoms with Gasteiger partial charge in [-0.25, -0.2) is 0 Å². The lowest BCUT2D eigenvalue weighted by Gasteiger charge is -2.00. The van der Waals surface area contributed by atoms with Gasteiger partial charge in [-0.15, -0.1) is 10.2 Å². The van der Waals surface area contributed by atoms with E-state index in [4.69, 9.17) is 11.6 Å². The molecule has 2 aromatic rings. The van der Waals surface area contributed by atoms with Crippen LogP contribution in [0.5, 0.6) is 0 Å². The highest BCUT2D eigenvalue weighted by Gasteiger charge is 2.05. The molecule has 0 bridgehead atoms. The third kappa shape index (κ3) is 1.77. The molecule has 1 N–H and O–H groups in total. The second-order valence-electron chi connectivity index (χ2n) is 2.19. The largest absolute Gasteiger partial charge is 0.356 e. The molecule has 0 radical (unpaired) electrons. The zero-order chi connectivity index (χ0) is 10.6. The molecule has 0 aliphatic rings. The molecule has 0 aromatic carbocycles. The average Bonchev–Trinajstić information content (AvgIpc) is 2.71. The van der Waals surface area contributed by atoms with E-state index in [1.165, 1.54) is 0 Å². The van der Waals surface area contributed by atoms with Crippen molar-refractivity contribution in [2.24, 2.45) is 0 Å². The molecule has 2 aromatic heterocycles. The lowest BCUT2D eigenvalue weighted by atomic mass is 10.5. The molecule has 0 aliphatic carbocycles. The van der Waals surface area contributed by atoms with Crippen molar-refractivity contribution in [2.75, 3.05) is 12.4 Å². The molecule has 0 fully saturated rings. The second kappa shape index (κ2) is 4.76. The number of rotatable bonds is 1. The van der Waals surface area contributed by atoms with E-state index in [2.05, 4.69) is 20.6 Å². The first-order chi connectivity index (χ1) is 6.83. The Labute approximate surface area is 87.1 Å². The Balaban J connectivity index is 0.000000461. The highest BCUT2D eigenvalue weighted by molar-refractivity contribution is 6.32. The number of nitrogens with one attached hydrogen (secondary N) is 1. The number of anilines is 1. The van der Waals surface area contributed by atoms with Crippen LogP contribution in [0.2, 0.25) is 5.15 Å². The minimum Gasteiger partial charge on any atom is -0.356 e. The molecule has 0 atom stereocenters. The van der Waals surface area contributed by atoms with Crippen molar-refractivity contribution in [3.63, 3.8) is 0 Å². The number of fused-ring (bicyclic) bond motifs is 1. The fourth-order valence-electron chi connectivity index (χ4n) is 0.969. The molecule has 2 heterocycles. The zero-order valence-corrected chi connectivity index (χ0v) is 9.08. The van der Waals surface area contributed by atoms with Crippen LogP contribution in [0.1, 0.15) is 13.8 Å².